The van der Waals surface area contributed by atoms with Crippen LogP contribution in [0.5, 0.6) is 29.4 Å². The summed E-state index contributed by atoms with van der Waals surface area (Å²) in [5.41, 5.74) is 12.8. The zero-order valence-corrected chi connectivity index (χ0v) is 61.8. The van der Waals surface area contributed by atoms with Gasteiger partial charge < -0.3 is 85.7 Å². The lowest BCUT2D eigenvalue weighted by atomic mass is 9.93. The van der Waals surface area contributed by atoms with Crippen LogP contribution < -0.4 is 61.3 Å². The maximum Gasteiger partial charge on any atom is 0.407 e. The molecule has 0 saturated carbocycles. The molecule has 0 spiro atoms. The van der Waals surface area contributed by atoms with Crippen LogP contribution in [0, 0.1) is 18.8 Å². The molecule has 5 aliphatic rings. The number of ether oxygens (including phenoxy) is 8. The number of aryl methyl sites for hydroxylation is 1. The topological polar surface area (TPSA) is 431 Å². The van der Waals surface area contributed by atoms with Crippen LogP contribution in [0.1, 0.15) is 122 Å². The number of nitrogens with zero attached hydrogens (tertiary/aromatic N) is 5. The number of thioether (sulfide) groups is 1. The molecule has 10 atom stereocenters. The number of amides is 6. The molecule has 0 radical (unpaired) electrons. The number of carboxylic acids is 1. The second kappa shape index (κ2) is 43.0. The Morgan fingerprint density at radius 1 is 0.495 bits per heavy atom. The number of esters is 2. The molecule has 32 heteroatoms. The fraction of sp³-hybridized carbons (Fsp3) is 0.342. The van der Waals surface area contributed by atoms with Crippen molar-refractivity contribution in [3.8, 4) is 29.4 Å². The average Bonchev–Trinajstić information content (AvgIpc) is 1.64. The first-order valence-corrected chi connectivity index (χ1v) is 34.8. The van der Waals surface area contributed by atoms with Gasteiger partial charge in [0.25, 0.3) is 0 Å². The number of aliphatic hydroxyl groups excluding tert-OH is 1. The standard InChI is InChI=1S/C19H20N2O4S.C18H19N3O4.C12H14N2O4.C11H12N2O4.C10H13N3O2.C7H8O.2CH4/c1-12-4-6-14(7-5-12)26-19(18(23)25-3)11-15(22)21-17(19)13-8-9-20-16(10-13)24-2;1-24-16-9-13(7-8-19-16)17-14(10-15(22)21-17)20-18(23)25-11-12-5-3-2-4-6-12;1-17-10-5-7(3-4-13-10)11-8(12(16)18-2)6-9(15)14-11;1-17-9-4-6(2-3-12-9)10-7(11(15)16)5-8(14)13-10;1-15-9-4-6(2-3-12-9)10-7(11)5-8(14)13-10;8-6-7-4-2-1-3-5-7;;/h4-10,17H,11H2,1-3H3,(H,21,22);2-9,14,17H,10-11H2,1H3,(H,20,23)(H,21,22);3-5,8,11H,6H2,1-2H3,(H,14,15);2-4,7,10H,5H2,1H3,(H,13,14)(H,15,16);2-4,7,10H,5,11H2,1H3,(H,13,14);1-5,8H,6H2;2*1H4/t17?,19-;14?,17-;;2*7-,10?;;;/m11.00.../s1. The molecule has 10 N–H and O–H groups in total. The third-order valence-electron chi connectivity index (χ3n) is 17.6. The molecule has 590 valence electrons. The molecular weight excluding hydrogens is 1450 g/mol. The van der Waals surface area contributed by atoms with Gasteiger partial charge in [0.2, 0.25) is 58.9 Å². The highest BCUT2D eigenvalue weighted by molar-refractivity contribution is 8.01. The van der Waals surface area contributed by atoms with Gasteiger partial charge in [-0.05, 0) is 88.3 Å². The van der Waals surface area contributed by atoms with Gasteiger partial charge in [-0.3, -0.25) is 38.4 Å². The van der Waals surface area contributed by atoms with E-state index in [-0.39, 0.29) is 107 Å². The number of rotatable bonds is 19. The number of alkyl carbamates (subject to hydrolysis) is 1. The molecule has 6 amide bonds. The predicted octanol–water partition coefficient (Wildman–Crippen LogP) is 7.83. The molecule has 111 heavy (non-hydrogen) atoms. The van der Waals surface area contributed by atoms with Gasteiger partial charge in [-0.25, -0.2) is 29.7 Å². The van der Waals surface area contributed by atoms with Gasteiger partial charge >= 0.3 is 24.0 Å². The Kier molecular flexibility index (Phi) is 34.0. The molecule has 10 heterocycles. The van der Waals surface area contributed by atoms with Crippen LogP contribution in [0.2, 0.25) is 0 Å². The summed E-state index contributed by atoms with van der Waals surface area (Å²) in [4.78, 5) is 126. The summed E-state index contributed by atoms with van der Waals surface area (Å²) < 4.78 is 39.2. The number of carbonyl (C=O) groups excluding carboxylic acids is 8. The Balaban J connectivity index is 0.000000213. The fourth-order valence-electron chi connectivity index (χ4n) is 12.1. The van der Waals surface area contributed by atoms with Crippen LogP contribution in [0.15, 0.2) is 181 Å². The summed E-state index contributed by atoms with van der Waals surface area (Å²) in [7, 11) is 10.2. The van der Waals surface area contributed by atoms with Gasteiger partial charge in [0.1, 0.15) is 6.61 Å². The number of carbonyl (C=O) groups is 9. The number of hydrogen-bond donors (Lipinski definition) is 9. The van der Waals surface area contributed by atoms with E-state index in [2.05, 4.69) is 56.8 Å². The number of aliphatic carboxylic acids is 1. The number of methoxy groups -OCH3 is 7. The first-order valence-electron chi connectivity index (χ1n) is 34.0. The number of benzene rings is 3. The maximum atomic E-state index is 12.8. The van der Waals surface area contributed by atoms with Gasteiger partial charge in [-0.15, -0.1) is 11.8 Å². The van der Waals surface area contributed by atoms with Crippen molar-refractivity contribution in [2.75, 3.05) is 49.8 Å². The second-order valence-corrected chi connectivity index (χ2v) is 26.2. The SMILES string of the molecule is C.C.COC(=O)C1CC(=O)NC1c1ccnc(OC)c1.COC(=O)[C@@]1(Sc2ccc(C)cc2)CC(=O)NC1c1ccnc(OC)c1.COc1cc(C2NC(=O)C[C@@H]2C(=O)O)ccn1.COc1cc(C2NC(=O)C[C@@H]2N)ccn1.COc1cc([C@H]2NC(=O)CC2NC(=O)OCc2ccccc2)ccn1.OCc1ccccc1. The minimum atomic E-state index is -1.10. The van der Waals surface area contributed by atoms with E-state index in [1.807, 2.05) is 97.9 Å². The van der Waals surface area contributed by atoms with Crippen molar-refractivity contribution < 1.29 is 91.3 Å². The van der Waals surface area contributed by atoms with Crippen molar-refractivity contribution in [2.45, 2.75) is 119 Å². The van der Waals surface area contributed by atoms with Gasteiger partial charge in [0, 0.05) is 97.9 Å². The number of pyridine rings is 5. The molecule has 5 aliphatic heterocycles. The van der Waals surface area contributed by atoms with Gasteiger partial charge in [-0.1, -0.05) is 93.2 Å². The summed E-state index contributed by atoms with van der Waals surface area (Å²) in [6.45, 7) is 2.31. The second-order valence-electron chi connectivity index (χ2n) is 24.8. The largest absolute Gasteiger partial charge is 0.481 e. The molecular formula is C79H94N12O19S. The zero-order chi connectivity index (χ0) is 78.6. The van der Waals surface area contributed by atoms with E-state index >= 15 is 0 Å². The average molecular weight is 1550 g/mol. The van der Waals surface area contributed by atoms with Crippen LogP contribution in [0.25, 0.3) is 0 Å². The van der Waals surface area contributed by atoms with Crippen molar-refractivity contribution in [3.63, 3.8) is 0 Å². The van der Waals surface area contributed by atoms with Crippen molar-refractivity contribution in [3.05, 3.63) is 221 Å². The van der Waals surface area contributed by atoms with E-state index in [0.29, 0.717) is 41.4 Å². The molecule has 6 unspecified atom stereocenters. The van der Waals surface area contributed by atoms with E-state index in [9.17, 15) is 43.2 Å². The Bertz CT molecular complexity index is 4420. The van der Waals surface area contributed by atoms with E-state index in [1.165, 1.54) is 60.6 Å². The minimum absolute atomic E-state index is 0. The summed E-state index contributed by atoms with van der Waals surface area (Å²) in [5.74, 6) is -1.58. The highest BCUT2D eigenvalue weighted by atomic mass is 32.2. The van der Waals surface area contributed by atoms with Gasteiger partial charge in [0.05, 0.1) is 111 Å². The molecule has 13 rings (SSSR count). The first kappa shape index (κ1) is 87.6. The van der Waals surface area contributed by atoms with E-state index in [4.69, 9.17) is 53.8 Å². The van der Waals surface area contributed by atoms with E-state index in [0.717, 1.165) is 43.8 Å². The molecule has 0 bridgehead atoms. The summed E-state index contributed by atoms with van der Waals surface area (Å²) in [6, 6.07) is 41.6. The minimum Gasteiger partial charge on any atom is -0.481 e. The quantitative estimate of drug-likeness (QED) is 0.0275. The molecule has 5 saturated heterocycles. The van der Waals surface area contributed by atoms with Crippen LogP contribution >= 0.6 is 11.8 Å². The molecule has 0 aliphatic carbocycles. The predicted molar refractivity (Wildman–Crippen MR) is 407 cm³/mol. The monoisotopic (exact) mass is 1550 g/mol. The third kappa shape index (κ3) is 24.6. The van der Waals surface area contributed by atoms with Crippen LogP contribution in [-0.2, 0) is 65.8 Å². The Hall–Kier alpha value is -12.3. The van der Waals surface area contributed by atoms with Crippen molar-refractivity contribution in [1.29, 1.82) is 0 Å². The van der Waals surface area contributed by atoms with Gasteiger partial charge in [-0.2, -0.15) is 0 Å². The number of aliphatic hydroxyl groups is 1. The highest BCUT2D eigenvalue weighted by Crippen LogP contribution is 2.49. The summed E-state index contributed by atoms with van der Waals surface area (Å²) in [6.07, 6.45) is 8.12. The fourth-order valence-corrected chi connectivity index (χ4v) is 13.5. The normalized spacial score (nSPS) is 20.7. The molecule has 3 aromatic carbocycles. The third-order valence-corrected chi connectivity index (χ3v) is 19.0. The lowest BCUT2D eigenvalue weighted by Crippen LogP contribution is -2.41. The molecule has 5 fully saturated rings. The van der Waals surface area contributed by atoms with Gasteiger partial charge in [0.15, 0.2) is 4.75 Å². The van der Waals surface area contributed by atoms with Crippen LogP contribution in [-0.4, -0.2) is 155 Å². The molecule has 31 nitrogen and oxygen atoms in total. The number of carboxylic acid groups (broad SMARTS) is 1. The smallest absolute Gasteiger partial charge is 0.407 e. The zero-order valence-electron chi connectivity index (χ0n) is 60.9. The Labute approximate surface area is 647 Å². The Morgan fingerprint density at radius 2 is 0.901 bits per heavy atom. The van der Waals surface area contributed by atoms with E-state index in [1.54, 1.807) is 86.5 Å². The van der Waals surface area contributed by atoms with Crippen molar-refractivity contribution in [2.24, 2.45) is 17.6 Å². The summed E-state index contributed by atoms with van der Waals surface area (Å²) >= 11 is 1.34. The Morgan fingerprint density at radius 3 is 1.33 bits per heavy atom. The van der Waals surface area contributed by atoms with Crippen LogP contribution in [0.4, 0.5) is 4.79 Å². The van der Waals surface area contributed by atoms with Crippen LogP contribution in [0.3, 0.4) is 0 Å². The lowest BCUT2D eigenvalue weighted by Gasteiger charge is -2.31. The van der Waals surface area contributed by atoms with Crippen molar-refractivity contribution in [1.82, 2.24) is 56.8 Å². The number of aromatic nitrogens is 5. The lowest BCUT2D eigenvalue weighted by molar-refractivity contribution is -0.146. The molecule has 8 aromatic rings. The van der Waals surface area contributed by atoms with E-state index < -0.39 is 58.7 Å². The summed E-state index contributed by atoms with van der Waals surface area (Å²) in [5, 5.41) is 34.4. The number of hydrogen-bond acceptors (Lipinski definition) is 25. The maximum absolute atomic E-state index is 12.8. The first-order chi connectivity index (χ1) is 52.5. The molecule has 5 aromatic heterocycles. The number of nitrogens with two attached hydrogens (primary N) is 1. The van der Waals surface area contributed by atoms with Crippen molar-refractivity contribution >= 4 is 65.3 Å². The highest BCUT2D eigenvalue weighted by Gasteiger charge is 2.55. The number of nitrogens with one attached hydrogen (secondary N) is 6.